The first-order valence-corrected chi connectivity index (χ1v) is 8.39. The maximum absolute atomic E-state index is 13.2. The second-order valence-corrected chi connectivity index (χ2v) is 6.91. The summed E-state index contributed by atoms with van der Waals surface area (Å²) in [6.07, 6.45) is 1.21. The molecule has 138 valence electrons. The minimum atomic E-state index is -4.83. The summed E-state index contributed by atoms with van der Waals surface area (Å²) in [4.78, 5) is 8.46. The van der Waals surface area contributed by atoms with Crippen molar-refractivity contribution in [3.63, 3.8) is 0 Å². The molecular weight excluding hydrogens is 357 g/mol. The van der Waals surface area contributed by atoms with Gasteiger partial charge in [0.25, 0.3) is 0 Å². The molecule has 3 aromatic rings. The number of imidazole rings is 1. The summed E-state index contributed by atoms with van der Waals surface area (Å²) in [7, 11) is 0. The summed E-state index contributed by atoms with van der Waals surface area (Å²) in [5, 5.41) is 19.1. The van der Waals surface area contributed by atoms with Crippen molar-refractivity contribution in [2.45, 2.75) is 37.5 Å². The van der Waals surface area contributed by atoms with Crippen molar-refractivity contribution in [3.8, 4) is 17.3 Å². The van der Waals surface area contributed by atoms with Crippen molar-refractivity contribution in [1.82, 2.24) is 14.4 Å². The van der Waals surface area contributed by atoms with Gasteiger partial charge < -0.3 is 9.51 Å². The van der Waals surface area contributed by atoms with Gasteiger partial charge in [-0.1, -0.05) is 0 Å². The Morgan fingerprint density at radius 2 is 2.00 bits per heavy atom. The molecule has 1 aliphatic carbocycles. The van der Waals surface area contributed by atoms with Gasteiger partial charge in [-0.25, -0.2) is 4.98 Å². The number of halogens is 3. The molecular formula is C19H15F3N4O. The first-order chi connectivity index (χ1) is 12.7. The summed E-state index contributed by atoms with van der Waals surface area (Å²) in [5.74, 6) is 0.232. The molecule has 8 heteroatoms. The third-order valence-electron chi connectivity index (χ3n) is 4.87. The topological polar surface area (TPSA) is 74.2 Å². The van der Waals surface area contributed by atoms with Crippen LogP contribution in [0.25, 0.3) is 16.9 Å². The van der Waals surface area contributed by atoms with E-state index in [1.54, 1.807) is 18.3 Å². The zero-order chi connectivity index (χ0) is 19.4. The minimum absolute atomic E-state index is 0.232. The van der Waals surface area contributed by atoms with Gasteiger partial charge in [-0.3, -0.25) is 4.98 Å². The summed E-state index contributed by atoms with van der Waals surface area (Å²) in [5.41, 5.74) is -0.486. The Morgan fingerprint density at radius 3 is 2.63 bits per heavy atom. The van der Waals surface area contributed by atoms with E-state index in [0.717, 1.165) is 24.7 Å². The van der Waals surface area contributed by atoms with Crippen molar-refractivity contribution < 1.29 is 18.3 Å². The fourth-order valence-electron chi connectivity index (χ4n) is 3.09. The number of hydrogen-bond acceptors (Lipinski definition) is 4. The van der Waals surface area contributed by atoms with Crippen molar-refractivity contribution in [1.29, 1.82) is 5.26 Å². The molecule has 1 atom stereocenters. The van der Waals surface area contributed by atoms with Crippen LogP contribution in [-0.2, 0) is 5.60 Å². The summed E-state index contributed by atoms with van der Waals surface area (Å²) in [6.45, 7) is 0.707. The Bertz CT molecular complexity index is 1070. The average Bonchev–Trinajstić information content (AvgIpc) is 3.40. The van der Waals surface area contributed by atoms with Crippen LogP contribution in [0.4, 0.5) is 13.2 Å². The van der Waals surface area contributed by atoms with Gasteiger partial charge in [0.2, 0.25) is 0 Å². The van der Waals surface area contributed by atoms with E-state index in [1.165, 1.54) is 12.3 Å². The van der Waals surface area contributed by atoms with Crippen molar-refractivity contribution in [2.24, 2.45) is 0 Å². The van der Waals surface area contributed by atoms with Crippen LogP contribution in [0.3, 0.4) is 0 Å². The molecule has 0 bridgehead atoms. The Labute approximate surface area is 152 Å². The predicted molar refractivity (Wildman–Crippen MR) is 90.7 cm³/mol. The van der Waals surface area contributed by atoms with Crippen LogP contribution in [0.2, 0.25) is 0 Å². The maximum atomic E-state index is 13.2. The second kappa shape index (κ2) is 5.79. The molecule has 0 amide bonds. The molecule has 1 aliphatic rings. The van der Waals surface area contributed by atoms with E-state index in [0.29, 0.717) is 29.4 Å². The second-order valence-electron chi connectivity index (χ2n) is 6.91. The van der Waals surface area contributed by atoms with E-state index < -0.39 is 11.8 Å². The van der Waals surface area contributed by atoms with Crippen molar-refractivity contribution in [2.75, 3.05) is 0 Å². The number of nitriles is 1. The first kappa shape index (κ1) is 17.5. The number of rotatable bonds is 3. The minimum Gasteiger partial charge on any atom is -0.376 e. The molecule has 0 saturated heterocycles. The van der Waals surface area contributed by atoms with Crippen LogP contribution in [0.5, 0.6) is 0 Å². The van der Waals surface area contributed by atoms with Crippen molar-refractivity contribution >= 4 is 5.65 Å². The number of nitrogens with zero attached hydrogens (tertiary/aromatic N) is 4. The molecule has 1 unspecified atom stereocenters. The molecule has 3 aromatic heterocycles. The molecule has 1 fully saturated rings. The first-order valence-electron chi connectivity index (χ1n) is 8.39. The molecule has 0 radical (unpaired) electrons. The summed E-state index contributed by atoms with van der Waals surface area (Å²) < 4.78 is 41.4. The van der Waals surface area contributed by atoms with E-state index >= 15 is 0 Å². The highest BCUT2D eigenvalue weighted by Gasteiger charge is 2.51. The number of fused-ring (bicyclic) bond motifs is 1. The Balaban J connectivity index is 1.90. The van der Waals surface area contributed by atoms with Crippen LogP contribution >= 0.6 is 0 Å². The van der Waals surface area contributed by atoms with Gasteiger partial charge in [-0.2, -0.15) is 18.4 Å². The van der Waals surface area contributed by atoms with Gasteiger partial charge in [0, 0.05) is 35.6 Å². The molecule has 0 aromatic carbocycles. The van der Waals surface area contributed by atoms with E-state index in [2.05, 4.69) is 16.0 Å². The van der Waals surface area contributed by atoms with Crippen LogP contribution in [0.15, 0.2) is 36.8 Å². The monoisotopic (exact) mass is 372 g/mol. The highest BCUT2D eigenvalue weighted by molar-refractivity contribution is 5.68. The molecule has 1 N–H and O–H groups in total. The maximum Gasteiger partial charge on any atom is 0.421 e. The molecule has 3 heterocycles. The highest BCUT2D eigenvalue weighted by Crippen LogP contribution is 2.45. The number of hydrogen-bond donors (Lipinski definition) is 1. The lowest BCUT2D eigenvalue weighted by atomic mass is 9.95. The zero-order valence-corrected chi connectivity index (χ0v) is 14.3. The third-order valence-corrected chi connectivity index (χ3v) is 4.87. The normalized spacial score (nSPS) is 16.9. The standard InChI is InChI=1S/C19H15F3N4O/c1-18(27,19(20,21)22)14-6-13(8-24-9-14)16-17(12-3-4-12)26-10-11(7-23)2-5-15(26)25-16/h2,5-6,8-10,12,27H,3-4H2,1H3. The average molecular weight is 372 g/mol. The van der Waals surface area contributed by atoms with Gasteiger partial charge in [0.1, 0.15) is 11.7 Å². The van der Waals surface area contributed by atoms with E-state index in [1.807, 2.05) is 4.40 Å². The molecule has 5 nitrogen and oxygen atoms in total. The van der Waals surface area contributed by atoms with Crippen LogP contribution < -0.4 is 0 Å². The van der Waals surface area contributed by atoms with E-state index in [-0.39, 0.29) is 11.5 Å². The van der Waals surface area contributed by atoms with Crippen LogP contribution in [0, 0.1) is 11.3 Å². The predicted octanol–water partition coefficient (Wildman–Crippen LogP) is 3.92. The van der Waals surface area contributed by atoms with Crippen LogP contribution in [-0.4, -0.2) is 25.7 Å². The number of aromatic nitrogens is 3. The Kier molecular flexibility index (Phi) is 3.75. The summed E-state index contributed by atoms with van der Waals surface area (Å²) >= 11 is 0. The van der Waals surface area contributed by atoms with Crippen LogP contribution in [0.1, 0.15) is 42.5 Å². The van der Waals surface area contributed by atoms with E-state index in [9.17, 15) is 18.3 Å². The zero-order valence-electron chi connectivity index (χ0n) is 14.3. The quantitative estimate of drug-likeness (QED) is 0.756. The van der Waals surface area contributed by atoms with Gasteiger partial charge in [-0.15, -0.1) is 0 Å². The fraction of sp³-hybridized carbons (Fsp3) is 0.316. The molecule has 1 saturated carbocycles. The number of alkyl halides is 3. The lowest BCUT2D eigenvalue weighted by Gasteiger charge is -2.26. The van der Waals surface area contributed by atoms with Gasteiger partial charge in [0.05, 0.1) is 17.0 Å². The highest BCUT2D eigenvalue weighted by atomic mass is 19.4. The smallest absolute Gasteiger partial charge is 0.376 e. The molecule has 27 heavy (non-hydrogen) atoms. The van der Waals surface area contributed by atoms with Gasteiger partial charge >= 0.3 is 6.18 Å². The fourth-order valence-corrected chi connectivity index (χ4v) is 3.09. The Hall–Kier alpha value is -2.92. The van der Waals surface area contributed by atoms with Gasteiger partial charge in [0.15, 0.2) is 5.60 Å². The van der Waals surface area contributed by atoms with Crippen molar-refractivity contribution in [3.05, 3.63) is 53.6 Å². The summed E-state index contributed by atoms with van der Waals surface area (Å²) in [6, 6.07) is 6.71. The largest absolute Gasteiger partial charge is 0.421 e. The lowest BCUT2D eigenvalue weighted by molar-refractivity contribution is -0.259. The molecule has 0 spiro atoms. The number of aliphatic hydroxyl groups is 1. The molecule has 4 rings (SSSR count). The lowest BCUT2D eigenvalue weighted by Crippen LogP contribution is -2.39. The van der Waals surface area contributed by atoms with E-state index in [4.69, 9.17) is 5.26 Å². The number of pyridine rings is 2. The SMILES string of the molecule is CC(O)(c1cncc(-c2nc3ccc(C#N)cn3c2C2CC2)c1)C(F)(F)F. The molecule has 0 aliphatic heterocycles. The third kappa shape index (κ3) is 2.84. The van der Waals surface area contributed by atoms with Gasteiger partial charge in [-0.05, 0) is 38.0 Å². The Morgan fingerprint density at radius 1 is 1.26 bits per heavy atom.